The smallest absolute Gasteiger partial charge is 0.291 e. The largest absolute Gasteiger partial charge is 0.459 e. The number of aryl methyl sites for hydroxylation is 1. The number of anilines is 2. The fourth-order valence-electron chi connectivity index (χ4n) is 3.04. The molecule has 2 heterocycles. The Kier molecular flexibility index (Phi) is 4.63. The summed E-state index contributed by atoms with van der Waals surface area (Å²) >= 11 is 0. The third-order valence-corrected chi connectivity index (χ3v) is 4.36. The first-order chi connectivity index (χ1) is 13.7. The Hall–Kier alpha value is -3.87. The van der Waals surface area contributed by atoms with Gasteiger partial charge >= 0.3 is 0 Å². The van der Waals surface area contributed by atoms with Gasteiger partial charge < -0.3 is 14.3 Å². The summed E-state index contributed by atoms with van der Waals surface area (Å²) in [5.74, 6) is -0.157. The van der Waals surface area contributed by atoms with Crippen molar-refractivity contribution in [3.63, 3.8) is 0 Å². The van der Waals surface area contributed by atoms with E-state index in [0.29, 0.717) is 23.7 Å². The molecule has 2 amide bonds. The van der Waals surface area contributed by atoms with Crippen molar-refractivity contribution in [1.29, 1.82) is 0 Å². The molecule has 0 bridgehead atoms. The summed E-state index contributed by atoms with van der Waals surface area (Å²) < 4.78 is 7.03. The van der Waals surface area contributed by atoms with Crippen LogP contribution in [-0.2, 0) is 6.54 Å². The number of hydrogen-bond acceptors (Lipinski definition) is 4. The number of fused-ring (bicyclic) bond motifs is 1. The van der Waals surface area contributed by atoms with Crippen molar-refractivity contribution < 1.29 is 14.0 Å². The molecule has 2 aromatic heterocycles. The molecular weight excluding hydrogens is 356 g/mol. The van der Waals surface area contributed by atoms with Crippen molar-refractivity contribution in [2.45, 2.75) is 13.5 Å². The number of carbonyl (C=O) groups excluding carboxylic acids is 2. The number of aromatic nitrogens is 2. The molecular formula is C21H18N4O3. The van der Waals surface area contributed by atoms with Crippen molar-refractivity contribution >= 4 is 34.5 Å². The van der Waals surface area contributed by atoms with Crippen molar-refractivity contribution in [3.8, 4) is 0 Å². The lowest BCUT2D eigenvalue weighted by atomic mass is 10.1. The minimum Gasteiger partial charge on any atom is -0.459 e. The van der Waals surface area contributed by atoms with Gasteiger partial charge in [0.15, 0.2) is 5.76 Å². The zero-order valence-electron chi connectivity index (χ0n) is 15.2. The number of hydrogen-bond donors (Lipinski definition) is 2. The highest BCUT2D eigenvalue weighted by molar-refractivity contribution is 6.11. The predicted octanol–water partition coefficient (Wildman–Crippen LogP) is 4.15. The van der Waals surface area contributed by atoms with E-state index in [9.17, 15) is 9.59 Å². The number of para-hydroxylation sites is 3. The Morgan fingerprint density at radius 3 is 2.54 bits per heavy atom. The second-order valence-corrected chi connectivity index (χ2v) is 6.10. The second kappa shape index (κ2) is 7.40. The molecule has 0 aliphatic rings. The summed E-state index contributed by atoms with van der Waals surface area (Å²) in [6.07, 6.45) is 1.42. The van der Waals surface area contributed by atoms with E-state index in [-0.39, 0.29) is 11.7 Å². The van der Waals surface area contributed by atoms with Gasteiger partial charge in [-0.3, -0.25) is 14.9 Å². The van der Waals surface area contributed by atoms with Gasteiger partial charge in [0.25, 0.3) is 11.8 Å². The van der Waals surface area contributed by atoms with Crippen LogP contribution in [0.15, 0.2) is 71.3 Å². The zero-order valence-corrected chi connectivity index (χ0v) is 15.2. The summed E-state index contributed by atoms with van der Waals surface area (Å²) in [4.78, 5) is 29.7. The highest BCUT2D eigenvalue weighted by atomic mass is 16.3. The molecule has 140 valence electrons. The van der Waals surface area contributed by atoms with Gasteiger partial charge in [-0.05, 0) is 43.3 Å². The highest BCUT2D eigenvalue weighted by Crippen LogP contribution is 2.22. The molecule has 7 nitrogen and oxygen atoms in total. The first-order valence-corrected chi connectivity index (χ1v) is 8.88. The van der Waals surface area contributed by atoms with E-state index in [1.54, 1.807) is 36.4 Å². The molecule has 2 aromatic carbocycles. The third-order valence-electron chi connectivity index (χ3n) is 4.36. The molecule has 0 atom stereocenters. The standard InChI is InChI=1S/C21H18N4O3/c1-2-25-17-11-6-5-10-16(17)23-21(25)24-19(26)14-8-3-4-9-15(14)22-20(27)18-12-7-13-28-18/h3-13H,2H2,1H3,(H,22,27)(H,23,24,26). The molecule has 28 heavy (non-hydrogen) atoms. The van der Waals surface area contributed by atoms with Crippen molar-refractivity contribution in [2.75, 3.05) is 10.6 Å². The van der Waals surface area contributed by atoms with E-state index >= 15 is 0 Å². The van der Waals surface area contributed by atoms with Crippen LogP contribution in [-0.4, -0.2) is 21.4 Å². The lowest BCUT2D eigenvalue weighted by Gasteiger charge is -2.11. The van der Waals surface area contributed by atoms with Crippen LogP contribution < -0.4 is 10.6 Å². The molecule has 0 radical (unpaired) electrons. The average molecular weight is 374 g/mol. The van der Waals surface area contributed by atoms with Crippen LogP contribution in [0, 0.1) is 0 Å². The van der Waals surface area contributed by atoms with Crippen LogP contribution in [0.1, 0.15) is 27.8 Å². The average Bonchev–Trinajstić information content (AvgIpc) is 3.36. The molecule has 2 N–H and O–H groups in total. The summed E-state index contributed by atoms with van der Waals surface area (Å²) in [5, 5.41) is 5.57. The summed E-state index contributed by atoms with van der Waals surface area (Å²) in [7, 11) is 0. The molecule has 0 aliphatic carbocycles. The van der Waals surface area contributed by atoms with Gasteiger partial charge in [0.2, 0.25) is 5.95 Å². The van der Waals surface area contributed by atoms with Gasteiger partial charge in [-0.15, -0.1) is 0 Å². The van der Waals surface area contributed by atoms with Gasteiger partial charge in [-0.25, -0.2) is 4.98 Å². The number of rotatable bonds is 5. The van der Waals surface area contributed by atoms with Gasteiger partial charge in [0.05, 0.1) is 28.5 Å². The lowest BCUT2D eigenvalue weighted by molar-refractivity contribution is 0.0996. The maximum atomic E-state index is 12.9. The zero-order chi connectivity index (χ0) is 19.5. The van der Waals surface area contributed by atoms with E-state index in [1.165, 1.54) is 6.26 Å². The Bertz CT molecular complexity index is 1150. The van der Waals surface area contributed by atoms with Crippen LogP contribution in [0.4, 0.5) is 11.6 Å². The quantitative estimate of drug-likeness (QED) is 0.549. The highest BCUT2D eigenvalue weighted by Gasteiger charge is 2.18. The van der Waals surface area contributed by atoms with Crippen molar-refractivity contribution in [2.24, 2.45) is 0 Å². The summed E-state index contributed by atoms with van der Waals surface area (Å²) in [5.41, 5.74) is 2.47. The fraction of sp³-hybridized carbons (Fsp3) is 0.0952. The predicted molar refractivity (Wildman–Crippen MR) is 106 cm³/mol. The number of imidazole rings is 1. The molecule has 0 unspecified atom stereocenters. The van der Waals surface area contributed by atoms with Gasteiger partial charge in [0.1, 0.15) is 0 Å². The number of amides is 2. The van der Waals surface area contributed by atoms with E-state index in [0.717, 1.165) is 11.0 Å². The van der Waals surface area contributed by atoms with Gasteiger partial charge in [0, 0.05) is 6.54 Å². The Morgan fingerprint density at radius 1 is 0.964 bits per heavy atom. The molecule has 4 rings (SSSR count). The van der Waals surface area contributed by atoms with Gasteiger partial charge in [-0.1, -0.05) is 24.3 Å². The third kappa shape index (κ3) is 3.25. The van der Waals surface area contributed by atoms with Crippen LogP contribution in [0.3, 0.4) is 0 Å². The molecule has 4 aromatic rings. The Balaban J connectivity index is 1.62. The maximum Gasteiger partial charge on any atom is 0.291 e. The first-order valence-electron chi connectivity index (χ1n) is 8.88. The number of nitrogens with one attached hydrogen (secondary N) is 2. The summed E-state index contributed by atoms with van der Waals surface area (Å²) in [6.45, 7) is 2.65. The number of benzene rings is 2. The number of nitrogens with zero attached hydrogens (tertiary/aromatic N) is 2. The van der Waals surface area contributed by atoms with Crippen LogP contribution >= 0.6 is 0 Å². The van der Waals surface area contributed by atoms with Crippen LogP contribution in [0.25, 0.3) is 11.0 Å². The molecule has 0 saturated carbocycles. The van der Waals surface area contributed by atoms with E-state index < -0.39 is 5.91 Å². The SMILES string of the molecule is CCn1c(NC(=O)c2ccccc2NC(=O)c2ccco2)nc2ccccc21. The van der Waals surface area contributed by atoms with E-state index in [4.69, 9.17) is 4.42 Å². The maximum absolute atomic E-state index is 12.9. The fourth-order valence-corrected chi connectivity index (χ4v) is 3.04. The number of carbonyl (C=O) groups is 2. The molecule has 7 heteroatoms. The number of furan rings is 1. The molecule has 0 fully saturated rings. The Morgan fingerprint density at radius 2 is 1.75 bits per heavy atom. The lowest BCUT2D eigenvalue weighted by Crippen LogP contribution is -2.19. The normalized spacial score (nSPS) is 10.8. The minimum atomic E-state index is -0.425. The van der Waals surface area contributed by atoms with E-state index in [2.05, 4.69) is 15.6 Å². The van der Waals surface area contributed by atoms with Crippen molar-refractivity contribution in [3.05, 3.63) is 78.3 Å². The van der Waals surface area contributed by atoms with Crippen molar-refractivity contribution in [1.82, 2.24) is 9.55 Å². The summed E-state index contributed by atoms with van der Waals surface area (Å²) in [6, 6.07) is 17.7. The first kappa shape index (κ1) is 17.5. The van der Waals surface area contributed by atoms with E-state index in [1.807, 2.05) is 35.8 Å². The molecule has 0 spiro atoms. The molecule has 0 saturated heterocycles. The van der Waals surface area contributed by atoms with Crippen LogP contribution in [0.2, 0.25) is 0 Å². The van der Waals surface area contributed by atoms with Crippen LogP contribution in [0.5, 0.6) is 0 Å². The minimum absolute atomic E-state index is 0.169. The topological polar surface area (TPSA) is 89.2 Å². The van der Waals surface area contributed by atoms with Gasteiger partial charge in [-0.2, -0.15) is 0 Å². The molecule has 0 aliphatic heterocycles. The Labute approximate surface area is 161 Å². The second-order valence-electron chi connectivity index (χ2n) is 6.10. The monoisotopic (exact) mass is 374 g/mol.